The number of benzene rings is 2. The molecule has 0 saturated carbocycles. The van der Waals surface area contributed by atoms with E-state index < -0.39 is 6.10 Å². The Labute approximate surface area is 103 Å². The Hall–Kier alpha value is -1.78. The van der Waals surface area contributed by atoms with Crippen LogP contribution < -0.4 is 0 Å². The molecule has 0 aliphatic rings. The van der Waals surface area contributed by atoms with Crippen LogP contribution in [0.2, 0.25) is 0 Å². The van der Waals surface area contributed by atoms with Gasteiger partial charge in [-0.1, -0.05) is 42.5 Å². The largest absolute Gasteiger partial charge is 0.382 e. The van der Waals surface area contributed by atoms with E-state index in [9.17, 15) is 5.11 Å². The zero-order chi connectivity index (χ0) is 11.7. The second-order valence-electron chi connectivity index (χ2n) is 3.80. The SMILES string of the molecule is OC(c1cnsn1)c1cccc2ccccc12. The first-order valence-corrected chi connectivity index (χ1v) is 6.02. The molecule has 0 fully saturated rings. The number of hydrogen-bond donors (Lipinski definition) is 1. The number of aliphatic hydroxyl groups excluding tert-OH is 1. The third-order valence-electron chi connectivity index (χ3n) is 2.78. The van der Waals surface area contributed by atoms with Crippen molar-refractivity contribution in [3.63, 3.8) is 0 Å². The van der Waals surface area contributed by atoms with Crippen molar-refractivity contribution in [3.05, 3.63) is 59.9 Å². The molecule has 0 radical (unpaired) electrons. The van der Waals surface area contributed by atoms with Crippen LogP contribution in [0.5, 0.6) is 0 Å². The van der Waals surface area contributed by atoms with E-state index in [0.29, 0.717) is 5.69 Å². The summed E-state index contributed by atoms with van der Waals surface area (Å²) in [6, 6.07) is 13.9. The first-order chi connectivity index (χ1) is 8.36. The normalized spacial score (nSPS) is 12.8. The van der Waals surface area contributed by atoms with Crippen molar-refractivity contribution in [1.82, 2.24) is 8.75 Å². The lowest BCUT2D eigenvalue weighted by atomic mass is 9.99. The van der Waals surface area contributed by atoms with Crippen LogP contribution in [0.25, 0.3) is 10.8 Å². The summed E-state index contributed by atoms with van der Waals surface area (Å²) in [5, 5.41) is 12.5. The molecular weight excluding hydrogens is 232 g/mol. The Balaban J connectivity index is 2.17. The van der Waals surface area contributed by atoms with Gasteiger partial charge < -0.3 is 5.11 Å². The number of hydrogen-bond acceptors (Lipinski definition) is 4. The Morgan fingerprint density at radius 1 is 1.06 bits per heavy atom. The summed E-state index contributed by atoms with van der Waals surface area (Å²) in [4.78, 5) is 0. The fourth-order valence-corrected chi connectivity index (χ4v) is 2.38. The molecule has 2 aromatic carbocycles. The number of aliphatic hydroxyl groups is 1. The van der Waals surface area contributed by atoms with E-state index in [-0.39, 0.29) is 0 Å². The predicted molar refractivity (Wildman–Crippen MR) is 67.9 cm³/mol. The van der Waals surface area contributed by atoms with Crippen LogP contribution in [-0.2, 0) is 0 Å². The van der Waals surface area contributed by atoms with Gasteiger partial charge in [-0.05, 0) is 16.3 Å². The number of nitrogens with zero attached hydrogens (tertiary/aromatic N) is 2. The minimum absolute atomic E-state index is 0.603. The number of fused-ring (bicyclic) bond motifs is 1. The summed E-state index contributed by atoms with van der Waals surface area (Å²) in [7, 11) is 0. The van der Waals surface area contributed by atoms with Crippen LogP contribution in [0.15, 0.2) is 48.7 Å². The molecule has 0 amide bonds. The minimum atomic E-state index is -0.708. The Morgan fingerprint density at radius 3 is 2.71 bits per heavy atom. The van der Waals surface area contributed by atoms with Crippen molar-refractivity contribution in [2.75, 3.05) is 0 Å². The standard InChI is InChI=1S/C13H10N2OS/c16-13(12-8-14-17-15-12)11-7-3-5-9-4-1-2-6-10(9)11/h1-8,13,16H. The van der Waals surface area contributed by atoms with E-state index in [0.717, 1.165) is 28.1 Å². The van der Waals surface area contributed by atoms with Gasteiger partial charge in [-0.3, -0.25) is 0 Å². The molecule has 17 heavy (non-hydrogen) atoms. The van der Waals surface area contributed by atoms with Crippen molar-refractivity contribution < 1.29 is 5.11 Å². The monoisotopic (exact) mass is 242 g/mol. The highest BCUT2D eigenvalue weighted by Gasteiger charge is 2.15. The molecule has 0 saturated heterocycles. The zero-order valence-corrected chi connectivity index (χ0v) is 9.76. The van der Waals surface area contributed by atoms with Crippen LogP contribution >= 0.6 is 11.7 Å². The second kappa shape index (κ2) is 4.24. The van der Waals surface area contributed by atoms with E-state index >= 15 is 0 Å². The average molecular weight is 242 g/mol. The van der Waals surface area contributed by atoms with Gasteiger partial charge in [0.05, 0.1) is 17.9 Å². The van der Waals surface area contributed by atoms with Crippen molar-refractivity contribution >= 4 is 22.5 Å². The molecule has 0 aliphatic heterocycles. The molecule has 3 aromatic rings. The van der Waals surface area contributed by atoms with Crippen LogP contribution in [0.4, 0.5) is 0 Å². The fraction of sp³-hybridized carbons (Fsp3) is 0.0769. The van der Waals surface area contributed by atoms with Gasteiger partial charge in [0, 0.05) is 0 Å². The van der Waals surface area contributed by atoms with Crippen LogP contribution in [0.1, 0.15) is 17.4 Å². The van der Waals surface area contributed by atoms with Gasteiger partial charge in [0.1, 0.15) is 11.8 Å². The molecule has 3 nitrogen and oxygen atoms in total. The van der Waals surface area contributed by atoms with E-state index in [1.165, 1.54) is 0 Å². The predicted octanol–water partition coefficient (Wildman–Crippen LogP) is 2.77. The second-order valence-corrected chi connectivity index (χ2v) is 4.36. The molecule has 4 heteroatoms. The number of rotatable bonds is 2. The van der Waals surface area contributed by atoms with Gasteiger partial charge in [-0.25, -0.2) is 0 Å². The highest BCUT2D eigenvalue weighted by atomic mass is 32.1. The molecule has 1 unspecified atom stereocenters. The van der Waals surface area contributed by atoms with Crippen LogP contribution in [-0.4, -0.2) is 13.9 Å². The van der Waals surface area contributed by atoms with Gasteiger partial charge >= 0.3 is 0 Å². The maximum Gasteiger partial charge on any atom is 0.124 e. The summed E-state index contributed by atoms with van der Waals surface area (Å²) in [6.07, 6.45) is 0.900. The minimum Gasteiger partial charge on any atom is -0.382 e. The number of aromatic nitrogens is 2. The summed E-state index contributed by atoms with van der Waals surface area (Å²) in [6.45, 7) is 0. The summed E-state index contributed by atoms with van der Waals surface area (Å²) in [5.74, 6) is 0. The molecule has 1 atom stereocenters. The molecule has 1 aromatic heterocycles. The van der Waals surface area contributed by atoms with E-state index in [1.807, 2.05) is 42.5 Å². The molecular formula is C13H10N2OS. The summed E-state index contributed by atoms with van der Waals surface area (Å²) in [5.41, 5.74) is 1.47. The average Bonchev–Trinajstić information content (AvgIpc) is 2.91. The van der Waals surface area contributed by atoms with Crippen LogP contribution in [0.3, 0.4) is 0 Å². The van der Waals surface area contributed by atoms with Crippen molar-refractivity contribution in [2.24, 2.45) is 0 Å². The first kappa shape index (κ1) is 10.4. The highest BCUT2D eigenvalue weighted by molar-refractivity contribution is 6.99. The van der Waals surface area contributed by atoms with Crippen molar-refractivity contribution in [3.8, 4) is 0 Å². The summed E-state index contributed by atoms with van der Waals surface area (Å²) >= 11 is 1.11. The molecule has 0 bridgehead atoms. The van der Waals surface area contributed by atoms with Gasteiger partial charge in [-0.15, -0.1) is 0 Å². The molecule has 84 valence electrons. The van der Waals surface area contributed by atoms with Crippen molar-refractivity contribution in [2.45, 2.75) is 6.10 Å². The topological polar surface area (TPSA) is 46.0 Å². The Morgan fingerprint density at radius 2 is 1.88 bits per heavy atom. The summed E-state index contributed by atoms with van der Waals surface area (Å²) < 4.78 is 8.00. The lowest BCUT2D eigenvalue weighted by molar-refractivity contribution is 0.218. The maximum atomic E-state index is 10.3. The lowest BCUT2D eigenvalue weighted by Gasteiger charge is -2.11. The fourth-order valence-electron chi connectivity index (χ4n) is 1.94. The first-order valence-electron chi connectivity index (χ1n) is 5.29. The molecule has 0 spiro atoms. The van der Waals surface area contributed by atoms with E-state index in [2.05, 4.69) is 8.75 Å². The van der Waals surface area contributed by atoms with Crippen molar-refractivity contribution in [1.29, 1.82) is 0 Å². The molecule has 0 aliphatic carbocycles. The highest BCUT2D eigenvalue weighted by Crippen LogP contribution is 2.27. The smallest absolute Gasteiger partial charge is 0.124 e. The lowest BCUT2D eigenvalue weighted by Crippen LogP contribution is -2.00. The van der Waals surface area contributed by atoms with Gasteiger partial charge in [0.25, 0.3) is 0 Å². The Bertz CT molecular complexity index is 631. The zero-order valence-electron chi connectivity index (χ0n) is 8.95. The quantitative estimate of drug-likeness (QED) is 0.751. The molecule has 1 heterocycles. The van der Waals surface area contributed by atoms with E-state index in [1.54, 1.807) is 6.20 Å². The Kier molecular flexibility index (Phi) is 2.59. The maximum absolute atomic E-state index is 10.3. The van der Waals surface area contributed by atoms with Crippen LogP contribution in [0, 0.1) is 0 Å². The molecule has 3 rings (SSSR count). The van der Waals surface area contributed by atoms with Gasteiger partial charge in [0.15, 0.2) is 0 Å². The molecule has 1 N–H and O–H groups in total. The van der Waals surface area contributed by atoms with E-state index in [4.69, 9.17) is 0 Å². The third kappa shape index (κ3) is 1.81. The van der Waals surface area contributed by atoms with Gasteiger partial charge in [0.2, 0.25) is 0 Å². The van der Waals surface area contributed by atoms with Gasteiger partial charge in [-0.2, -0.15) is 8.75 Å². The third-order valence-corrected chi connectivity index (χ3v) is 3.27.